The fourth-order valence-electron chi connectivity index (χ4n) is 2.44. The van der Waals surface area contributed by atoms with Gasteiger partial charge in [-0.05, 0) is 25.0 Å². The number of aliphatic hydroxyl groups is 2. The zero-order chi connectivity index (χ0) is 15.2. The van der Waals surface area contributed by atoms with Gasteiger partial charge in [-0.2, -0.15) is 0 Å². The molecule has 1 aliphatic rings. The minimum atomic E-state index is -0.967. The van der Waals surface area contributed by atoms with Gasteiger partial charge in [0.25, 0.3) is 5.91 Å². The van der Waals surface area contributed by atoms with Gasteiger partial charge in [0.05, 0.1) is 18.2 Å². The minimum absolute atomic E-state index is 0.261. The van der Waals surface area contributed by atoms with E-state index in [2.05, 4.69) is 5.32 Å². The Balaban J connectivity index is 1.83. The quantitative estimate of drug-likeness (QED) is 0.724. The van der Waals surface area contributed by atoms with E-state index in [9.17, 15) is 19.4 Å². The number of rotatable bonds is 4. The lowest BCUT2D eigenvalue weighted by Crippen LogP contribution is -2.48. The second kappa shape index (κ2) is 7.38. The molecule has 1 amide bonds. The molecule has 1 fully saturated rings. The Morgan fingerprint density at radius 2 is 2.10 bits per heavy atom. The molecule has 2 rings (SSSR count). The van der Waals surface area contributed by atoms with Crippen molar-refractivity contribution in [3.63, 3.8) is 0 Å². The van der Waals surface area contributed by atoms with Crippen LogP contribution in [0.15, 0.2) is 24.3 Å². The molecule has 5 nitrogen and oxygen atoms in total. The Morgan fingerprint density at radius 3 is 2.86 bits per heavy atom. The van der Waals surface area contributed by atoms with Crippen LogP contribution in [0.2, 0.25) is 0 Å². The molecular formula is C15H20FNO4. The van der Waals surface area contributed by atoms with Crippen LogP contribution in [0.4, 0.5) is 4.39 Å². The van der Waals surface area contributed by atoms with E-state index in [1.807, 2.05) is 0 Å². The summed E-state index contributed by atoms with van der Waals surface area (Å²) in [6, 6.07) is 5.05. The van der Waals surface area contributed by atoms with Crippen molar-refractivity contribution in [3.8, 4) is 5.75 Å². The average Bonchev–Trinajstić information content (AvgIpc) is 2.61. The maximum atomic E-state index is 13.0. The zero-order valence-electron chi connectivity index (χ0n) is 11.7. The number of ether oxygens (including phenoxy) is 1. The molecule has 1 aromatic carbocycles. The summed E-state index contributed by atoms with van der Waals surface area (Å²) in [6.07, 6.45) is 1.03. The van der Waals surface area contributed by atoms with Crippen molar-refractivity contribution in [1.82, 2.24) is 5.32 Å². The van der Waals surface area contributed by atoms with E-state index in [-0.39, 0.29) is 12.4 Å². The minimum Gasteiger partial charge on any atom is -0.484 e. The van der Waals surface area contributed by atoms with Gasteiger partial charge in [-0.3, -0.25) is 4.79 Å². The molecule has 3 atom stereocenters. The first kappa shape index (κ1) is 15.7. The van der Waals surface area contributed by atoms with Crippen LogP contribution in [0.5, 0.6) is 5.75 Å². The van der Waals surface area contributed by atoms with E-state index in [4.69, 9.17) is 4.74 Å². The number of aliphatic hydroxyl groups excluding tert-OH is 2. The summed E-state index contributed by atoms with van der Waals surface area (Å²) in [5, 5.41) is 22.3. The van der Waals surface area contributed by atoms with E-state index in [0.717, 1.165) is 12.8 Å². The lowest BCUT2D eigenvalue weighted by atomic mass is 10.0. The van der Waals surface area contributed by atoms with Crippen molar-refractivity contribution in [2.45, 2.75) is 43.9 Å². The van der Waals surface area contributed by atoms with Crippen LogP contribution >= 0.6 is 0 Å². The highest BCUT2D eigenvalue weighted by Gasteiger charge is 2.29. The number of hydrogen-bond acceptors (Lipinski definition) is 4. The number of amides is 1. The third-order valence-corrected chi connectivity index (χ3v) is 3.58. The number of carbonyl (C=O) groups excluding carboxylic acids is 1. The van der Waals surface area contributed by atoms with Crippen molar-refractivity contribution in [1.29, 1.82) is 0 Å². The van der Waals surface area contributed by atoms with Crippen LogP contribution in [-0.4, -0.2) is 41.0 Å². The van der Waals surface area contributed by atoms with E-state index in [0.29, 0.717) is 12.8 Å². The monoisotopic (exact) mass is 297 g/mol. The van der Waals surface area contributed by atoms with Gasteiger partial charge in [-0.15, -0.1) is 0 Å². The molecule has 0 heterocycles. The molecule has 0 saturated heterocycles. The van der Waals surface area contributed by atoms with Gasteiger partial charge in [0, 0.05) is 6.07 Å². The molecule has 21 heavy (non-hydrogen) atoms. The van der Waals surface area contributed by atoms with Crippen molar-refractivity contribution in [2.75, 3.05) is 6.61 Å². The molecule has 0 radical (unpaired) electrons. The smallest absolute Gasteiger partial charge is 0.258 e. The number of halogens is 1. The molecule has 0 bridgehead atoms. The van der Waals surface area contributed by atoms with Crippen molar-refractivity contribution in [2.24, 2.45) is 0 Å². The lowest BCUT2D eigenvalue weighted by Gasteiger charge is -2.24. The molecule has 0 spiro atoms. The first-order valence-corrected chi connectivity index (χ1v) is 7.10. The summed E-state index contributed by atoms with van der Waals surface area (Å²) in [7, 11) is 0. The van der Waals surface area contributed by atoms with Crippen LogP contribution in [0.3, 0.4) is 0 Å². The molecule has 116 valence electrons. The highest BCUT2D eigenvalue weighted by molar-refractivity contribution is 5.77. The largest absolute Gasteiger partial charge is 0.484 e. The molecule has 1 saturated carbocycles. The molecule has 0 aromatic heterocycles. The highest BCUT2D eigenvalue weighted by Crippen LogP contribution is 2.19. The van der Waals surface area contributed by atoms with E-state index in [1.54, 1.807) is 6.07 Å². The number of nitrogens with one attached hydrogen (secondary N) is 1. The van der Waals surface area contributed by atoms with Crippen molar-refractivity contribution >= 4 is 5.91 Å². The molecule has 1 aliphatic carbocycles. The van der Waals surface area contributed by atoms with Gasteiger partial charge in [0.2, 0.25) is 0 Å². The summed E-state index contributed by atoms with van der Waals surface area (Å²) < 4.78 is 18.1. The normalized spacial score (nSPS) is 26.0. The van der Waals surface area contributed by atoms with Crippen molar-refractivity contribution < 1.29 is 24.1 Å². The van der Waals surface area contributed by atoms with Gasteiger partial charge in [0.1, 0.15) is 11.6 Å². The summed E-state index contributed by atoms with van der Waals surface area (Å²) in [6.45, 7) is -0.261. The SMILES string of the molecule is O=C(COc1cccc(F)c1)N[C@@H]1CCCC[C@@H](O)[C@@H]1O. The Morgan fingerprint density at radius 1 is 1.33 bits per heavy atom. The molecular weight excluding hydrogens is 277 g/mol. The summed E-state index contributed by atoms with van der Waals surface area (Å²) >= 11 is 0. The molecule has 6 heteroatoms. The Bertz CT molecular complexity index is 482. The van der Waals surface area contributed by atoms with Gasteiger partial charge in [0.15, 0.2) is 6.61 Å². The van der Waals surface area contributed by atoms with Gasteiger partial charge >= 0.3 is 0 Å². The van der Waals surface area contributed by atoms with Crippen LogP contribution in [0.25, 0.3) is 0 Å². The maximum absolute atomic E-state index is 13.0. The fraction of sp³-hybridized carbons (Fsp3) is 0.533. The molecule has 3 N–H and O–H groups in total. The third-order valence-electron chi connectivity index (χ3n) is 3.58. The number of hydrogen-bond donors (Lipinski definition) is 3. The van der Waals surface area contributed by atoms with Crippen LogP contribution in [0.1, 0.15) is 25.7 Å². The summed E-state index contributed by atoms with van der Waals surface area (Å²) in [4.78, 5) is 11.8. The third kappa shape index (κ3) is 4.68. The van der Waals surface area contributed by atoms with Crippen molar-refractivity contribution in [3.05, 3.63) is 30.1 Å². The number of carbonyl (C=O) groups is 1. The Labute approximate surface area is 122 Å². The molecule has 0 unspecified atom stereocenters. The Kier molecular flexibility index (Phi) is 5.52. The predicted octanol–water partition coefficient (Wildman–Crippen LogP) is 0.985. The summed E-state index contributed by atoms with van der Waals surface area (Å²) in [5.74, 6) is -0.570. The van der Waals surface area contributed by atoms with Gasteiger partial charge in [-0.1, -0.05) is 18.9 Å². The Hall–Kier alpha value is -1.66. The topological polar surface area (TPSA) is 78.8 Å². The predicted molar refractivity (Wildman–Crippen MR) is 74.3 cm³/mol. The van der Waals surface area contributed by atoms with Crippen LogP contribution in [-0.2, 0) is 4.79 Å². The molecule has 1 aromatic rings. The second-order valence-electron chi connectivity index (χ2n) is 5.26. The second-order valence-corrected chi connectivity index (χ2v) is 5.26. The lowest BCUT2D eigenvalue weighted by molar-refractivity contribution is -0.125. The average molecular weight is 297 g/mol. The van der Waals surface area contributed by atoms with Crippen LogP contribution in [0, 0.1) is 5.82 Å². The van der Waals surface area contributed by atoms with Gasteiger partial charge in [-0.25, -0.2) is 4.39 Å². The van der Waals surface area contributed by atoms with E-state index < -0.39 is 30.0 Å². The van der Waals surface area contributed by atoms with E-state index in [1.165, 1.54) is 18.2 Å². The van der Waals surface area contributed by atoms with Crippen LogP contribution < -0.4 is 10.1 Å². The maximum Gasteiger partial charge on any atom is 0.258 e. The number of benzene rings is 1. The van der Waals surface area contributed by atoms with Gasteiger partial charge < -0.3 is 20.3 Å². The summed E-state index contributed by atoms with van der Waals surface area (Å²) in [5.41, 5.74) is 0. The first-order valence-electron chi connectivity index (χ1n) is 7.10. The fourth-order valence-corrected chi connectivity index (χ4v) is 2.44. The standard InChI is InChI=1S/C15H20FNO4/c16-10-4-3-5-11(8-10)21-9-14(19)17-12-6-1-2-7-13(18)15(12)20/h3-5,8,12-13,15,18,20H,1-2,6-7,9H2,(H,17,19)/t12-,13-,15-/m1/s1. The zero-order valence-corrected chi connectivity index (χ0v) is 11.7. The first-order chi connectivity index (χ1) is 10.1. The molecule has 0 aliphatic heterocycles. The van der Waals surface area contributed by atoms with E-state index >= 15 is 0 Å². The highest BCUT2D eigenvalue weighted by atomic mass is 19.1.